The highest BCUT2D eigenvalue weighted by Gasteiger charge is 2.32. The second kappa shape index (κ2) is 8.08. The molecule has 0 spiro atoms. The standard InChI is InChI=1S/C19H30N4O/c1-21-11-7-18(8-12-21)23-10-4-6-17(15-23)19(24)22(2)14-16-5-3-9-20-13-16/h3,5,9,13,17-18H,4,6-8,10-12,14-15H2,1-2H3/t17-/m0/s1. The van der Waals surface area contributed by atoms with Crippen LogP contribution in [0.15, 0.2) is 24.5 Å². The van der Waals surface area contributed by atoms with E-state index < -0.39 is 0 Å². The zero-order chi connectivity index (χ0) is 16.9. The van der Waals surface area contributed by atoms with Crippen molar-refractivity contribution in [2.75, 3.05) is 40.3 Å². The normalized spacial score (nSPS) is 24.0. The lowest BCUT2D eigenvalue weighted by atomic mass is 9.93. The summed E-state index contributed by atoms with van der Waals surface area (Å²) in [6, 6.07) is 4.62. The molecule has 0 N–H and O–H groups in total. The molecule has 0 bridgehead atoms. The fourth-order valence-corrected chi connectivity index (χ4v) is 4.05. The first-order chi connectivity index (χ1) is 11.6. The molecule has 1 aromatic heterocycles. The lowest BCUT2D eigenvalue weighted by Crippen LogP contribution is -2.50. The monoisotopic (exact) mass is 330 g/mol. The molecule has 0 unspecified atom stereocenters. The first kappa shape index (κ1) is 17.4. The van der Waals surface area contributed by atoms with E-state index in [0.717, 1.165) is 31.5 Å². The van der Waals surface area contributed by atoms with Crippen LogP contribution >= 0.6 is 0 Å². The van der Waals surface area contributed by atoms with Crippen LogP contribution in [0.4, 0.5) is 0 Å². The second-order valence-electron chi connectivity index (χ2n) is 7.42. The summed E-state index contributed by atoms with van der Waals surface area (Å²) in [6.45, 7) is 5.11. The summed E-state index contributed by atoms with van der Waals surface area (Å²) in [5.74, 6) is 0.441. The lowest BCUT2D eigenvalue weighted by molar-refractivity contribution is -0.137. The number of amides is 1. The molecule has 3 rings (SSSR count). The van der Waals surface area contributed by atoms with Crippen molar-refractivity contribution in [1.82, 2.24) is 19.7 Å². The van der Waals surface area contributed by atoms with E-state index in [0.29, 0.717) is 12.6 Å². The summed E-state index contributed by atoms with van der Waals surface area (Å²) in [4.78, 5) is 23.9. The van der Waals surface area contributed by atoms with Gasteiger partial charge >= 0.3 is 0 Å². The summed E-state index contributed by atoms with van der Waals surface area (Å²) in [6.07, 6.45) is 8.26. The maximum absolute atomic E-state index is 12.9. The van der Waals surface area contributed by atoms with E-state index in [1.807, 2.05) is 30.3 Å². The minimum Gasteiger partial charge on any atom is -0.341 e. The molecular weight excluding hydrogens is 300 g/mol. The van der Waals surface area contributed by atoms with Gasteiger partial charge in [0.15, 0.2) is 0 Å². The van der Waals surface area contributed by atoms with Crippen molar-refractivity contribution in [1.29, 1.82) is 0 Å². The van der Waals surface area contributed by atoms with Gasteiger partial charge in [0, 0.05) is 38.6 Å². The zero-order valence-corrected chi connectivity index (χ0v) is 15.0. The molecule has 2 fully saturated rings. The van der Waals surface area contributed by atoms with E-state index in [-0.39, 0.29) is 11.8 Å². The van der Waals surface area contributed by atoms with Crippen molar-refractivity contribution >= 4 is 5.91 Å². The Morgan fingerprint density at radius 2 is 2.08 bits per heavy atom. The Morgan fingerprint density at radius 1 is 1.29 bits per heavy atom. The van der Waals surface area contributed by atoms with Crippen molar-refractivity contribution in [2.45, 2.75) is 38.3 Å². The van der Waals surface area contributed by atoms with Crippen LogP contribution in [-0.2, 0) is 11.3 Å². The minimum absolute atomic E-state index is 0.153. The summed E-state index contributed by atoms with van der Waals surface area (Å²) in [5, 5.41) is 0. The van der Waals surface area contributed by atoms with Gasteiger partial charge in [-0.25, -0.2) is 0 Å². The van der Waals surface area contributed by atoms with Gasteiger partial charge in [-0.3, -0.25) is 14.7 Å². The van der Waals surface area contributed by atoms with Crippen molar-refractivity contribution in [2.24, 2.45) is 5.92 Å². The number of nitrogens with zero attached hydrogens (tertiary/aromatic N) is 4. The Balaban J connectivity index is 1.54. The van der Waals surface area contributed by atoms with Gasteiger partial charge in [-0.15, -0.1) is 0 Å². The summed E-state index contributed by atoms with van der Waals surface area (Å²) in [5.41, 5.74) is 1.09. The fourth-order valence-electron chi connectivity index (χ4n) is 4.05. The number of rotatable bonds is 4. The molecule has 3 heterocycles. The first-order valence-electron chi connectivity index (χ1n) is 9.20. The number of piperidine rings is 2. The van der Waals surface area contributed by atoms with E-state index in [1.54, 1.807) is 6.20 Å². The third-order valence-electron chi connectivity index (χ3n) is 5.53. The number of carbonyl (C=O) groups excluding carboxylic acids is 1. The van der Waals surface area contributed by atoms with Gasteiger partial charge in [0.05, 0.1) is 5.92 Å². The van der Waals surface area contributed by atoms with Crippen LogP contribution in [0.3, 0.4) is 0 Å². The third kappa shape index (κ3) is 4.33. The SMILES string of the molecule is CN1CCC(N2CCC[C@H](C(=O)N(C)Cc3cccnc3)C2)CC1. The molecule has 2 aliphatic heterocycles. The number of pyridine rings is 1. The van der Waals surface area contributed by atoms with E-state index in [1.165, 1.54) is 25.9 Å². The molecule has 1 aromatic rings. The third-order valence-corrected chi connectivity index (χ3v) is 5.53. The quantitative estimate of drug-likeness (QED) is 0.845. The highest BCUT2D eigenvalue weighted by molar-refractivity contribution is 5.78. The molecule has 5 nitrogen and oxygen atoms in total. The first-order valence-corrected chi connectivity index (χ1v) is 9.20. The molecule has 2 saturated heterocycles. The molecule has 5 heteroatoms. The Bertz CT molecular complexity index is 527. The number of likely N-dealkylation sites (tertiary alicyclic amines) is 2. The van der Waals surface area contributed by atoms with E-state index in [9.17, 15) is 4.79 Å². The van der Waals surface area contributed by atoms with Gasteiger partial charge in [0.25, 0.3) is 0 Å². The van der Waals surface area contributed by atoms with Gasteiger partial charge in [-0.05, 0) is 64.0 Å². The van der Waals surface area contributed by atoms with Crippen molar-refractivity contribution < 1.29 is 4.79 Å². The maximum atomic E-state index is 12.9. The largest absolute Gasteiger partial charge is 0.341 e. The molecule has 1 atom stereocenters. The van der Waals surface area contributed by atoms with Gasteiger partial charge in [0.1, 0.15) is 0 Å². The van der Waals surface area contributed by atoms with E-state index in [4.69, 9.17) is 0 Å². The highest BCUT2D eigenvalue weighted by atomic mass is 16.2. The minimum atomic E-state index is 0.153. The number of aromatic nitrogens is 1. The summed E-state index contributed by atoms with van der Waals surface area (Å²) < 4.78 is 0. The summed E-state index contributed by atoms with van der Waals surface area (Å²) >= 11 is 0. The highest BCUT2D eigenvalue weighted by Crippen LogP contribution is 2.25. The predicted molar refractivity (Wildman–Crippen MR) is 95.5 cm³/mol. The molecule has 0 saturated carbocycles. The van der Waals surface area contributed by atoms with Gasteiger partial charge in [0.2, 0.25) is 5.91 Å². The van der Waals surface area contributed by atoms with E-state index in [2.05, 4.69) is 21.8 Å². The van der Waals surface area contributed by atoms with Crippen LogP contribution in [0.5, 0.6) is 0 Å². The van der Waals surface area contributed by atoms with Crippen molar-refractivity contribution in [3.63, 3.8) is 0 Å². The number of hydrogen-bond acceptors (Lipinski definition) is 4. The fraction of sp³-hybridized carbons (Fsp3) is 0.684. The lowest BCUT2D eigenvalue weighted by Gasteiger charge is -2.41. The Labute approximate surface area is 145 Å². The molecule has 0 aliphatic carbocycles. The van der Waals surface area contributed by atoms with E-state index >= 15 is 0 Å². The molecule has 132 valence electrons. The maximum Gasteiger partial charge on any atom is 0.227 e. The van der Waals surface area contributed by atoms with Crippen LogP contribution < -0.4 is 0 Å². The molecule has 0 aromatic carbocycles. The van der Waals surface area contributed by atoms with Crippen molar-refractivity contribution in [3.8, 4) is 0 Å². The van der Waals surface area contributed by atoms with Crippen LogP contribution in [0.2, 0.25) is 0 Å². The number of hydrogen-bond donors (Lipinski definition) is 0. The van der Waals surface area contributed by atoms with Gasteiger partial charge in [-0.1, -0.05) is 6.07 Å². The molecular formula is C19H30N4O. The Kier molecular flexibility index (Phi) is 5.85. The van der Waals surface area contributed by atoms with Gasteiger partial charge < -0.3 is 9.80 Å². The molecule has 0 radical (unpaired) electrons. The molecule has 2 aliphatic rings. The van der Waals surface area contributed by atoms with Crippen molar-refractivity contribution in [3.05, 3.63) is 30.1 Å². The van der Waals surface area contributed by atoms with Crippen LogP contribution in [0.25, 0.3) is 0 Å². The Morgan fingerprint density at radius 3 is 2.79 bits per heavy atom. The molecule has 1 amide bonds. The van der Waals surface area contributed by atoms with Crippen LogP contribution in [-0.4, -0.2) is 71.9 Å². The second-order valence-corrected chi connectivity index (χ2v) is 7.42. The topological polar surface area (TPSA) is 39.7 Å². The van der Waals surface area contributed by atoms with Crippen LogP contribution in [0, 0.1) is 5.92 Å². The zero-order valence-electron chi connectivity index (χ0n) is 15.0. The Hall–Kier alpha value is -1.46. The summed E-state index contributed by atoms with van der Waals surface area (Å²) in [7, 11) is 4.12. The number of carbonyl (C=O) groups is 1. The smallest absolute Gasteiger partial charge is 0.227 e. The predicted octanol–water partition coefficient (Wildman–Crippen LogP) is 1.85. The van der Waals surface area contributed by atoms with Gasteiger partial charge in [-0.2, -0.15) is 0 Å². The van der Waals surface area contributed by atoms with Crippen LogP contribution in [0.1, 0.15) is 31.2 Å². The average molecular weight is 330 g/mol. The average Bonchev–Trinajstić information content (AvgIpc) is 2.62. The molecule has 24 heavy (non-hydrogen) atoms.